The van der Waals surface area contributed by atoms with E-state index in [1.807, 2.05) is 6.07 Å². The third kappa shape index (κ3) is 8.96. The molecular formula is C38H46O3. The van der Waals surface area contributed by atoms with Gasteiger partial charge < -0.3 is 14.2 Å². The van der Waals surface area contributed by atoms with Crippen molar-refractivity contribution in [2.45, 2.75) is 66.6 Å². The molecule has 1 aliphatic rings. The molecule has 0 aromatic heterocycles. The van der Waals surface area contributed by atoms with Crippen LogP contribution in [0.3, 0.4) is 0 Å². The molecule has 3 heteroatoms. The summed E-state index contributed by atoms with van der Waals surface area (Å²) in [5.41, 5.74) is 6.09. The lowest BCUT2D eigenvalue weighted by molar-refractivity contribution is -0.113. The van der Waals surface area contributed by atoms with Crippen molar-refractivity contribution in [3.63, 3.8) is 0 Å². The van der Waals surface area contributed by atoms with Crippen LogP contribution in [0.25, 0.3) is 16.7 Å². The first-order chi connectivity index (χ1) is 19.7. The highest BCUT2D eigenvalue weighted by molar-refractivity contribution is 5.85. The van der Waals surface area contributed by atoms with Crippen LogP contribution >= 0.6 is 0 Å². The fourth-order valence-electron chi connectivity index (χ4n) is 5.26. The Labute approximate surface area is 247 Å². The Morgan fingerprint density at radius 2 is 1.51 bits per heavy atom. The number of para-hydroxylation sites is 1. The van der Waals surface area contributed by atoms with E-state index in [1.54, 1.807) is 0 Å². The molecule has 3 aromatic rings. The Bertz CT molecular complexity index is 1320. The minimum absolute atomic E-state index is 0.190. The first kappa shape index (κ1) is 30.4. The lowest BCUT2D eigenvalue weighted by atomic mass is 9.82. The Balaban J connectivity index is 1.43. The highest BCUT2D eigenvalue weighted by atomic mass is 16.7. The van der Waals surface area contributed by atoms with E-state index in [4.69, 9.17) is 14.2 Å². The van der Waals surface area contributed by atoms with Gasteiger partial charge in [0.15, 0.2) is 0 Å². The molecule has 0 saturated carbocycles. The summed E-state index contributed by atoms with van der Waals surface area (Å²) in [7, 11) is 0. The molecule has 3 aromatic carbocycles. The summed E-state index contributed by atoms with van der Waals surface area (Å²) in [6.07, 6.45) is 12.4. The molecule has 3 nitrogen and oxygen atoms in total. The van der Waals surface area contributed by atoms with Crippen LogP contribution in [-0.2, 0) is 4.74 Å². The second-order valence-corrected chi connectivity index (χ2v) is 12.4. The van der Waals surface area contributed by atoms with Gasteiger partial charge in [0.25, 0.3) is 0 Å². The van der Waals surface area contributed by atoms with E-state index in [0.717, 1.165) is 46.6 Å². The van der Waals surface area contributed by atoms with Crippen LogP contribution in [0.4, 0.5) is 0 Å². The predicted molar refractivity (Wildman–Crippen MR) is 172 cm³/mol. The molecule has 0 saturated heterocycles. The maximum atomic E-state index is 6.50. The number of rotatable bonds is 12. The molecule has 0 N–H and O–H groups in total. The first-order valence-electron chi connectivity index (χ1n) is 14.9. The van der Waals surface area contributed by atoms with Crippen molar-refractivity contribution in [1.82, 2.24) is 0 Å². The average Bonchev–Trinajstić information content (AvgIpc) is 3.24. The van der Waals surface area contributed by atoms with Gasteiger partial charge >= 0.3 is 0 Å². The van der Waals surface area contributed by atoms with Gasteiger partial charge in [-0.25, -0.2) is 0 Å². The highest BCUT2D eigenvalue weighted by Crippen LogP contribution is 2.38. The lowest BCUT2D eigenvalue weighted by Crippen LogP contribution is -2.28. The van der Waals surface area contributed by atoms with Gasteiger partial charge in [0.1, 0.15) is 18.1 Å². The minimum atomic E-state index is -0.362. The Morgan fingerprint density at radius 1 is 0.780 bits per heavy atom. The molecule has 0 spiro atoms. The molecule has 0 aliphatic heterocycles. The molecule has 0 fully saturated rings. The van der Waals surface area contributed by atoms with Crippen LogP contribution in [0.15, 0.2) is 103 Å². The number of hydrogen-bond acceptors (Lipinski definition) is 3. The predicted octanol–water partition coefficient (Wildman–Crippen LogP) is 10.2. The van der Waals surface area contributed by atoms with Crippen molar-refractivity contribution in [3.8, 4) is 22.6 Å². The smallest absolute Gasteiger partial charge is 0.202 e. The zero-order valence-electron chi connectivity index (χ0n) is 25.6. The van der Waals surface area contributed by atoms with Crippen LogP contribution in [0, 0.1) is 11.3 Å². The van der Waals surface area contributed by atoms with E-state index < -0.39 is 0 Å². The van der Waals surface area contributed by atoms with Gasteiger partial charge in [0.05, 0.1) is 6.61 Å². The summed E-state index contributed by atoms with van der Waals surface area (Å²) < 4.78 is 19.0. The molecule has 0 amide bonds. The summed E-state index contributed by atoms with van der Waals surface area (Å²) in [5.74, 6) is 2.40. The molecule has 1 aliphatic carbocycles. The highest BCUT2D eigenvalue weighted by Gasteiger charge is 2.19. The first-order valence-corrected chi connectivity index (χ1v) is 14.9. The van der Waals surface area contributed by atoms with Gasteiger partial charge in [-0.15, -0.1) is 0 Å². The van der Waals surface area contributed by atoms with Gasteiger partial charge in [-0.3, -0.25) is 0 Å². The number of hydrogen-bond donors (Lipinski definition) is 0. The van der Waals surface area contributed by atoms with Crippen LogP contribution in [0.2, 0.25) is 0 Å². The fraction of sp³-hybridized carbons (Fsp3) is 0.368. The Hall–Kier alpha value is -3.56. The summed E-state index contributed by atoms with van der Waals surface area (Å²) >= 11 is 0. The second kappa shape index (κ2) is 14.4. The van der Waals surface area contributed by atoms with E-state index in [1.165, 1.54) is 5.56 Å². The van der Waals surface area contributed by atoms with Gasteiger partial charge in [0.2, 0.25) is 6.29 Å². The van der Waals surface area contributed by atoms with Crippen molar-refractivity contribution < 1.29 is 14.2 Å². The van der Waals surface area contributed by atoms with Crippen LogP contribution < -0.4 is 9.47 Å². The van der Waals surface area contributed by atoms with E-state index in [9.17, 15) is 0 Å². The number of benzene rings is 3. The zero-order valence-corrected chi connectivity index (χ0v) is 25.6. The minimum Gasteiger partial charge on any atom is -0.490 e. The maximum absolute atomic E-state index is 6.50. The third-order valence-electron chi connectivity index (χ3n) is 7.18. The lowest BCUT2D eigenvalue weighted by Gasteiger charge is -2.25. The van der Waals surface area contributed by atoms with Crippen molar-refractivity contribution in [1.29, 1.82) is 0 Å². The van der Waals surface area contributed by atoms with Crippen molar-refractivity contribution >= 4 is 5.57 Å². The summed E-state index contributed by atoms with van der Waals surface area (Å²) in [5, 5.41) is 0. The normalized spacial score (nSPS) is 14.9. The zero-order chi connectivity index (χ0) is 29.2. The summed E-state index contributed by atoms with van der Waals surface area (Å²) in [4.78, 5) is 0. The van der Waals surface area contributed by atoms with E-state index in [0.29, 0.717) is 24.5 Å². The molecule has 0 radical (unpaired) electrons. The van der Waals surface area contributed by atoms with Crippen LogP contribution in [0.5, 0.6) is 11.5 Å². The molecule has 2 atom stereocenters. The van der Waals surface area contributed by atoms with E-state index in [2.05, 4.69) is 139 Å². The standard InChI is InChI=1S/C38H46O3/c1-28(2)37(41-33-23-21-30(22-24-33)29(3)27-38(4,5)6)40-26-25-39-36-34(31-15-10-7-8-11-16-31)19-14-20-35(36)32-17-12-9-13-18-32/h7-10,12-24,28-29,37H,11,25-27H2,1-6H3. The molecule has 0 heterocycles. The van der Waals surface area contributed by atoms with Crippen LogP contribution in [0.1, 0.15) is 71.4 Å². The van der Waals surface area contributed by atoms with E-state index in [-0.39, 0.29) is 12.2 Å². The molecular weight excluding hydrogens is 504 g/mol. The SMILES string of the molecule is CC(CC(C)(C)C)c1ccc(OC(OCCOc2c(C3=CCC=CC=C3)cccc2-c2ccccc2)C(C)C)cc1. The topological polar surface area (TPSA) is 27.7 Å². The molecule has 4 rings (SSSR count). The molecule has 216 valence electrons. The average molecular weight is 551 g/mol. The van der Waals surface area contributed by atoms with Gasteiger partial charge in [0, 0.05) is 17.0 Å². The van der Waals surface area contributed by atoms with Gasteiger partial charge in [-0.1, -0.05) is 133 Å². The molecule has 0 bridgehead atoms. The Kier molecular flexibility index (Phi) is 10.7. The van der Waals surface area contributed by atoms with Crippen LogP contribution in [-0.4, -0.2) is 19.5 Å². The molecule has 2 unspecified atom stereocenters. The second-order valence-electron chi connectivity index (χ2n) is 12.4. The van der Waals surface area contributed by atoms with Gasteiger partial charge in [-0.05, 0) is 53.0 Å². The fourth-order valence-corrected chi connectivity index (χ4v) is 5.26. The van der Waals surface area contributed by atoms with Crippen molar-refractivity contribution in [2.24, 2.45) is 11.3 Å². The number of allylic oxidation sites excluding steroid dienone is 6. The summed E-state index contributed by atoms with van der Waals surface area (Å²) in [6.45, 7) is 14.2. The Morgan fingerprint density at radius 3 is 2.22 bits per heavy atom. The monoisotopic (exact) mass is 550 g/mol. The largest absolute Gasteiger partial charge is 0.490 e. The van der Waals surface area contributed by atoms with Crippen molar-refractivity contribution in [3.05, 3.63) is 114 Å². The number of ether oxygens (including phenoxy) is 3. The van der Waals surface area contributed by atoms with Crippen molar-refractivity contribution in [2.75, 3.05) is 13.2 Å². The van der Waals surface area contributed by atoms with Gasteiger partial charge in [-0.2, -0.15) is 0 Å². The third-order valence-corrected chi connectivity index (χ3v) is 7.18. The quantitative estimate of drug-likeness (QED) is 0.166. The maximum Gasteiger partial charge on any atom is 0.202 e. The summed E-state index contributed by atoms with van der Waals surface area (Å²) in [6, 6.07) is 25.3. The molecule has 41 heavy (non-hydrogen) atoms. The van der Waals surface area contributed by atoms with E-state index >= 15 is 0 Å².